The fourth-order valence-corrected chi connectivity index (χ4v) is 18.5. The SMILES string of the molecule is c1ccc(N2c3ccccc3B3c4cc5c(cc4N(c4ccccc4)c4cc(-n6c7cc8ccccc8cc7c7ccc8ccccc8c76)cc2c43)N(c2ccccc2)c2cc(-n3c4cc6ccccc6cc4c4ccc6ccccc6c43)cc3c2B5c2ccccc2N3c2ccccc2)cc1. The lowest BCUT2D eigenvalue weighted by Crippen LogP contribution is -2.65. The van der Waals surface area contributed by atoms with Gasteiger partial charge in [0.05, 0.1) is 33.4 Å². The van der Waals surface area contributed by atoms with Gasteiger partial charge in [0.1, 0.15) is 0 Å². The number of rotatable bonds is 6. The van der Waals surface area contributed by atoms with Crippen molar-refractivity contribution < 1.29 is 0 Å². The molecule has 0 amide bonds. The molecule has 4 aliphatic heterocycles. The summed E-state index contributed by atoms with van der Waals surface area (Å²) < 4.78 is 5.18. The molecular formula is C94H58B2N6. The molecule has 4 aliphatic rings. The quantitative estimate of drug-likeness (QED) is 0.155. The Balaban J connectivity index is 0.856. The summed E-state index contributed by atoms with van der Waals surface area (Å²) in [6.07, 6.45) is 0. The predicted molar refractivity (Wildman–Crippen MR) is 433 cm³/mol. The molecule has 0 spiro atoms. The zero-order valence-corrected chi connectivity index (χ0v) is 55.3. The van der Waals surface area contributed by atoms with Gasteiger partial charge < -0.3 is 28.7 Å². The van der Waals surface area contributed by atoms with E-state index in [4.69, 9.17) is 0 Å². The number of nitrogens with zero attached hydrogens (tertiary/aromatic N) is 6. The largest absolute Gasteiger partial charge is 0.311 e. The van der Waals surface area contributed by atoms with Gasteiger partial charge in [0.25, 0.3) is 13.4 Å². The summed E-state index contributed by atoms with van der Waals surface area (Å²) in [7, 11) is 0. The Labute approximate surface area is 589 Å². The first-order chi connectivity index (χ1) is 50.6. The standard InChI is InChI=1S/C94H58B2N6/c1-5-31-65(32-6-1)97-81-43-23-21-41-77(81)95-79-57-80-86(58-85(79)99(67-35-9-3-10-36-67)89-55-69(53-87(97)91(89)95)101-83-51-63-29-15-13-27-61(63)49-75(83)73-47-45-59-25-17-19-39-71(59)93(73)101)100(68-37-11-4-12-38-68)90-56-70(54-88-92(90)96(80)78-42-22-24-44-82(78)98(88)66-33-7-2-8-34-66)102-84-52-64-30-16-14-28-62(64)50-76(84)74-48-46-60-26-18-20-40-72(60)94(74)102/h1-58H. The van der Waals surface area contributed by atoms with Crippen molar-refractivity contribution in [2.24, 2.45) is 0 Å². The van der Waals surface area contributed by atoms with Crippen LogP contribution in [0.15, 0.2) is 352 Å². The van der Waals surface area contributed by atoms with Gasteiger partial charge in [-0.2, -0.15) is 0 Å². The third-order valence-electron chi connectivity index (χ3n) is 22.7. The zero-order valence-electron chi connectivity index (χ0n) is 55.3. The average molecular weight is 1290 g/mol. The first-order valence-corrected chi connectivity index (χ1v) is 35.5. The maximum absolute atomic E-state index is 2.66. The van der Waals surface area contributed by atoms with Gasteiger partial charge in [-0.1, -0.05) is 237 Å². The van der Waals surface area contributed by atoms with Gasteiger partial charge in [0.15, 0.2) is 0 Å². The van der Waals surface area contributed by atoms with Crippen molar-refractivity contribution in [1.82, 2.24) is 9.13 Å². The fourth-order valence-electron chi connectivity index (χ4n) is 18.5. The highest BCUT2D eigenvalue weighted by Crippen LogP contribution is 2.52. The van der Waals surface area contributed by atoms with Gasteiger partial charge in [-0.3, -0.25) is 0 Å². The summed E-state index contributed by atoms with van der Waals surface area (Å²) in [6, 6.07) is 133. The third-order valence-corrected chi connectivity index (χ3v) is 22.7. The normalized spacial score (nSPS) is 13.4. The highest BCUT2D eigenvalue weighted by Gasteiger charge is 2.49. The Morgan fingerprint density at radius 3 is 0.873 bits per heavy atom. The second kappa shape index (κ2) is 21.1. The summed E-state index contributed by atoms with van der Waals surface area (Å²) in [4.78, 5) is 10.3. The zero-order chi connectivity index (χ0) is 66.4. The maximum atomic E-state index is 2.66. The number of para-hydroxylation sites is 6. The van der Waals surface area contributed by atoms with Crippen molar-refractivity contribution in [3.63, 3.8) is 0 Å². The van der Waals surface area contributed by atoms with Crippen LogP contribution >= 0.6 is 0 Å². The first-order valence-electron chi connectivity index (χ1n) is 35.5. The van der Waals surface area contributed by atoms with Crippen molar-refractivity contribution in [3.8, 4) is 11.4 Å². The van der Waals surface area contributed by atoms with E-state index in [-0.39, 0.29) is 13.4 Å². The van der Waals surface area contributed by atoms with E-state index in [0.717, 1.165) is 68.2 Å². The van der Waals surface area contributed by atoms with Crippen molar-refractivity contribution in [2.75, 3.05) is 19.6 Å². The lowest BCUT2D eigenvalue weighted by molar-refractivity contribution is 1.16. The number of anilines is 12. The molecule has 8 heteroatoms. The third kappa shape index (κ3) is 7.75. The van der Waals surface area contributed by atoms with E-state index < -0.39 is 0 Å². The first kappa shape index (κ1) is 55.7. The van der Waals surface area contributed by atoms with E-state index in [0.29, 0.717) is 0 Å². The minimum Gasteiger partial charge on any atom is -0.311 e. The number of benzene rings is 17. The van der Waals surface area contributed by atoms with E-state index in [1.807, 2.05) is 0 Å². The van der Waals surface area contributed by atoms with E-state index in [1.54, 1.807) is 0 Å². The van der Waals surface area contributed by atoms with Crippen LogP contribution in [0.25, 0.3) is 98.1 Å². The van der Waals surface area contributed by atoms with Crippen LogP contribution in [0.4, 0.5) is 68.2 Å². The summed E-state index contributed by atoms with van der Waals surface area (Å²) in [5.74, 6) is 0. The van der Waals surface area contributed by atoms with E-state index >= 15 is 0 Å². The number of hydrogen-bond donors (Lipinski definition) is 0. The molecule has 0 saturated carbocycles. The van der Waals surface area contributed by atoms with Crippen molar-refractivity contribution in [1.29, 1.82) is 0 Å². The van der Waals surface area contributed by atoms with Gasteiger partial charge >= 0.3 is 0 Å². The molecule has 2 aromatic heterocycles. The fraction of sp³-hybridized carbons (Fsp3) is 0. The Kier molecular flexibility index (Phi) is 11.5. The maximum Gasteiger partial charge on any atom is 0.252 e. The topological polar surface area (TPSA) is 22.8 Å². The highest BCUT2D eigenvalue weighted by atomic mass is 15.2. The van der Waals surface area contributed by atoms with Gasteiger partial charge in [-0.15, -0.1) is 0 Å². The van der Waals surface area contributed by atoms with E-state index in [9.17, 15) is 0 Å². The molecule has 0 unspecified atom stereocenters. The number of hydrogen-bond acceptors (Lipinski definition) is 4. The molecule has 0 aliphatic carbocycles. The van der Waals surface area contributed by atoms with Crippen molar-refractivity contribution >= 4 is 201 Å². The van der Waals surface area contributed by atoms with Crippen molar-refractivity contribution in [2.45, 2.75) is 0 Å². The lowest BCUT2D eigenvalue weighted by Gasteiger charge is -2.47. The van der Waals surface area contributed by atoms with E-state index in [2.05, 4.69) is 381 Å². The predicted octanol–water partition coefficient (Wildman–Crippen LogP) is 20.7. The van der Waals surface area contributed by atoms with Crippen LogP contribution in [0, 0.1) is 0 Å². The summed E-state index contributed by atoms with van der Waals surface area (Å²) in [5.41, 5.74) is 28.0. The van der Waals surface area contributed by atoms with Gasteiger partial charge in [-0.05, 0) is 180 Å². The van der Waals surface area contributed by atoms with Crippen LogP contribution in [0.5, 0.6) is 0 Å². The molecule has 0 saturated heterocycles. The lowest BCUT2D eigenvalue weighted by atomic mass is 9.30. The Morgan fingerprint density at radius 2 is 0.490 bits per heavy atom. The molecular weight excluding hydrogens is 1230 g/mol. The molecule has 470 valence electrons. The Bertz CT molecular complexity index is 6400. The van der Waals surface area contributed by atoms with Crippen LogP contribution in [-0.4, -0.2) is 22.6 Å². The molecule has 0 radical (unpaired) electrons. The molecule has 6 nitrogen and oxygen atoms in total. The second-order valence-electron chi connectivity index (χ2n) is 27.9. The van der Waals surface area contributed by atoms with Crippen LogP contribution in [0.1, 0.15) is 0 Å². The molecule has 23 rings (SSSR count). The number of fused-ring (bicyclic) bond motifs is 20. The van der Waals surface area contributed by atoms with Crippen LogP contribution in [0.3, 0.4) is 0 Å². The molecule has 17 aromatic carbocycles. The van der Waals surface area contributed by atoms with Crippen LogP contribution in [-0.2, 0) is 0 Å². The summed E-state index contributed by atoms with van der Waals surface area (Å²) in [5, 5.41) is 14.6. The van der Waals surface area contributed by atoms with Crippen LogP contribution in [0.2, 0.25) is 0 Å². The molecule has 0 atom stereocenters. The molecule has 19 aromatic rings. The minimum absolute atomic E-state index is 0.183. The van der Waals surface area contributed by atoms with Crippen molar-refractivity contribution in [3.05, 3.63) is 352 Å². The monoisotopic (exact) mass is 1290 g/mol. The summed E-state index contributed by atoms with van der Waals surface area (Å²) in [6.45, 7) is -0.365. The molecule has 6 heterocycles. The molecule has 102 heavy (non-hydrogen) atoms. The van der Waals surface area contributed by atoms with Gasteiger partial charge in [0, 0.05) is 101 Å². The summed E-state index contributed by atoms with van der Waals surface area (Å²) >= 11 is 0. The minimum atomic E-state index is -0.183. The average Bonchev–Trinajstić information content (AvgIpc) is 0.735. The molecule has 0 bridgehead atoms. The smallest absolute Gasteiger partial charge is 0.252 e. The Morgan fingerprint density at radius 1 is 0.176 bits per heavy atom. The van der Waals surface area contributed by atoms with Gasteiger partial charge in [-0.25, -0.2) is 0 Å². The van der Waals surface area contributed by atoms with E-state index in [1.165, 1.54) is 131 Å². The van der Waals surface area contributed by atoms with Gasteiger partial charge in [0.2, 0.25) is 0 Å². The second-order valence-corrected chi connectivity index (χ2v) is 27.9. The highest BCUT2D eigenvalue weighted by molar-refractivity contribution is 7.03. The molecule has 0 N–H and O–H groups in total. The number of aromatic nitrogens is 2. The van der Waals surface area contributed by atoms with Crippen LogP contribution < -0.4 is 52.4 Å². The Hall–Kier alpha value is -13.3. The molecule has 0 fully saturated rings.